The van der Waals surface area contributed by atoms with Gasteiger partial charge in [0.15, 0.2) is 0 Å². The van der Waals surface area contributed by atoms with E-state index in [4.69, 9.17) is 6.42 Å². The minimum atomic E-state index is -0.112. The number of amides is 1. The first kappa shape index (κ1) is 15.0. The van der Waals surface area contributed by atoms with E-state index in [1.807, 2.05) is 6.92 Å². The zero-order chi connectivity index (χ0) is 13.5. The van der Waals surface area contributed by atoms with Crippen LogP contribution >= 0.6 is 0 Å². The summed E-state index contributed by atoms with van der Waals surface area (Å²) in [5.41, 5.74) is 0. The summed E-state index contributed by atoms with van der Waals surface area (Å²) in [7, 11) is 0. The first-order chi connectivity index (χ1) is 8.63. The Morgan fingerprint density at radius 2 is 2.28 bits per heavy atom. The lowest BCUT2D eigenvalue weighted by atomic mass is 10.0. The zero-order valence-electron chi connectivity index (χ0n) is 11.7. The van der Waals surface area contributed by atoms with Gasteiger partial charge in [0.05, 0.1) is 12.6 Å². The van der Waals surface area contributed by atoms with Gasteiger partial charge < -0.3 is 10.6 Å². The van der Waals surface area contributed by atoms with E-state index in [2.05, 4.69) is 35.3 Å². The van der Waals surface area contributed by atoms with Crippen molar-refractivity contribution < 1.29 is 4.79 Å². The van der Waals surface area contributed by atoms with Crippen molar-refractivity contribution in [2.45, 2.75) is 51.7 Å². The lowest BCUT2D eigenvalue weighted by Gasteiger charge is -2.42. The molecule has 0 radical (unpaired) electrons. The van der Waals surface area contributed by atoms with Crippen LogP contribution in [0.5, 0.6) is 0 Å². The van der Waals surface area contributed by atoms with Crippen LogP contribution in [0.2, 0.25) is 0 Å². The van der Waals surface area contributed by atoms with E-state index >= 15 is 0 Å². The van der Waals surface area contributed by atoms with E-state index in [0.29, 0.717) is 18.6 Å². The first-order valence-electron chi connectivity index (χ1n) is 6.84. The molecule has 0 aliphatic carbocycles. The van der Waals surface area contributed by atoms with Gasteiger partial charge in [-0.05, 0) is 19.8 Å². The number of hydrogen-bond acceptors (Lipinski definition) is 3. The first-order valence-corrected chi connectivity index (χ1v) is 6.84. The lowest BCUT2D eigenvalue weighted by molar-refractivity contribution is -0.127. The van der Waals surface area contributed by atoms with Crippen molar-refractivity contribution in [1.82, 2.24) is 15.5 Å². The molecule has 4 heteroatoms. The molecule has 1 saturated heterocycles. The zero-order valence-corrected chi connectivity index (χ0v) is 11.7. The second-order valence-corrected chi connectivity index (χ2v) is 4.87. The quantitative estimate of drug-likeness (QED) is 0.703. The van der Waals surface area contributed by atoms with E-state index in [-0.39, 0.29) is 11.9 Å². The SMILES string of the molecule is C#CCNC(=O)C(C)N1CC(CC)NCC1CC. The Hall–Kier alpha value is -1.05. The Morgan fingerprint density at radius 3 is 2.83 bits per heavy atom. The van der Waals surface area contributed by atoms with Crippen molar-refractivity contribution in [3.63, 3.8) is 0 Å². The maximum Gasteiger partial charge on any atom is 0.237 e. The highest BCUT2D eigenvalue weighted by molar-refractivity contribution is 5.81. The van der Waals surface area contributed by atoms with E-state index in [1.54, 1.807) is 0 Å². The molecule has 4 nitrogen and oxygen atoms in total. The highest BCUT2D eigenvalue weighted by atomic mass is 16.2. The average molecular weight is 251 g/mol. The topological polar surface area (TPSA) is 44.4 Å². The van der Waals surface area contributed by atoms with Gasteiger partial charge in [-0.1, -0.05) is 19.8 Å². The average Bonchev–Trinajstić information content (AvgIpc) is 2.43. The summed E-state index contributed by atoms with van der Waals surface area (Å²) in [6, 6.07) is 0.800. The highest BCUT2D eigenvalue weighted by Gasteiger charge is 2.32. The Morgan fingerprint density at radius 1 is 1.56 bits per heavy atom. The van der Waals surface area contributed by atoms with Crippen LogP contribution in [0.1, 0.15) is 33.6 Å². The van der Waals surface area contributed by atoms with Crippen LogP contribution in [0.15, 0.2) is 0 Å². The van der Waals surface area contributed by atoms with Gasteiger partial charge in [0, 0.05) is 25.2 Å². The molecule has 1 aliphatic rings. The summed E-state index contributed by atoms with van der Waals surface area (Å²) >= 11 is 0. The number of carbonyl (C=O) groups is 1. The monoisotopic (exact) mass is 251 g/mol. The number of nitrogens with zero attached hydrogens (tertiary/aromatic N) is 1. The molecule has 3 atom stereocenters. The summed E-state index contributed by atoms with van der Waals surface area (Å²) < 4.78 is 0. The summed E-state index contributed by atoms with van der Waals surface area (Å²) in [5, 5.41) is 6.30. The normalized spacial score (nSPS) is 26.3. The smallest absolute Gasteiger partial charge is 0.237 e. The molecule has 2 N–H and O–H groups in total. The van der Waals surface area contributed by atoms with Crippen molar-refractivity contribution in [2.75, 3.05) is 19.6 Å². The summed E-state index contributed by atoms with van der Waals surface area (Å²) in [6.45, 7) is 8.50. The molecular weight excluding hydrogens is 226 g/mol. The third-order valence-electron chi connectivity index (χ3n) is 3.75. The van der Waals surface area contributed by atoms with Crippen LogP contribution in [0, 0.1) is 12.3 Å². The number of hydrogen-bond donors (Lipinski definition) is 2. The van der Waals surface area contributed by atoms with Gasteiger partial charge in [-0.25, -0.2) is 0 Å². The molecule has 0 aromatic carbocycles. The molecule has 0 aromatic heterocycles. The molecule has 0 saturated carbocycles. The Bertz CT molecular complexity index is 311. The molecule has 1 aliphatic heterocycles. The second-order valence-electron chi connectivity index (χ2n) is 4.87. The molecule has 0 spiro atoms. The Balaban J connectivity index is 2.63. The predicted octanol–water partition coefficient (Wildman–Crippen LogP) is 0.587. The molecule has 1 fully saturated rings. The van der Waals surface area contributed by atoms with Gasteiger partial charge in [-0.15, -0.1) is 6.42 Å². The van der Waals surface area contributed by atoms with Crippen LogP contribution in [0.4, 0.5) is 0 Å². The molecule has 0 aromatic rings. The van der Waals surface area contributed by atoms with Crippen molar-refractivity contribution in [3.8, 4) is 12.3 Å². The largest absolute Gasteiger partial charge is 0.344 e. The number of terminal acetylenes is 1. The van der Waals surface area contributed by atoms with E-state index in [1.165, 1.54) is 0 Å². The highest BCUT2D eigenvalue weighted by Crippen LogP contribution is 2.15. The third-order valence-corrected chi connectivity index (χ3v) is 3.75. The summed E-state index contributed by atoms with van der Waals surface area (Å²) in [4.78, 5) is 14.3. The molecule has 18 heavy (non-hydrogen) atoms. The third kappa shape index (κ3) is 3.72. The second kappa shape index (κ2) is 7.40. The molecule has 1 rings (SSSR count). The fourth-order valence-electron chi connectivity index (χ4n) is 2.45. The number of piperazine rings is 1. The van der Waals surface area contributed by atoms with Gasteiger partial charge in [-0.3, -0.25) is 9.69 Å². The standard InChI is InChI=1S/C14H25N3O/c1-5-8-15-14(18)11(4)17-10-12(6-2)16-9-13(17)7-3/h1,11-13,16H,6-10H2,2-4H3,(H,15,18). The van der Waals surface area contributed by atoms with Crippen LogP contribution in [0.25, 0.3) is 0 Å². The van der Waals surface area contributed by atoms with Gasteiger partial charge in [-0.2, -0.15) is 0 Å². The van der Waals surface area contributed by atoms with Gasteiger partial charge in [0.1, 0.15) is 0 Å². The lowest BCUT2D eigenvalue weighted by Crippen LogP contribution is -2.61. The number of nitrogens with one attached hydrogen (secondary N) is 2. The fourth-order valence-corrected chi connectivity index (χ4v) is 2.45. The Kier molecular flexibility index (Phi) is 6.17. The van der Waals surface area contributed by atoms with Crippen LogP contribution < -0.4 is 10.6 Å². The minimum absolute atomic E-state index is 0.0307. The van der Waals surface area contributed by atoms with Crippen LogP contribution in [-0.4, -0.2) is 48.6 Å². The van der Waals surface area contributed by atoms with E-state index in [9.17, 15) is 4.79 Å². The van der Waals surface area contributed by atoms with Gasteiger partial charge >= 0.3 is 0 Å². The van der Waals surface area contributed by atoms with Crippen LogP contribution in [0.3, 0.4) is 0 Å². The fraction of sp³-hybridized carbons (Fsp3) is 0.786. The minimum Gasteiger partial charge on any atom is -0.344 e. The van der Waals surface area contributed by atoms with Crippen molar-refractivity contribution in [1.29, 1.82) is 0 Å². The molecule has 3 unspecified atom stereocenters. The van der Waals surface area contributed by atoms with Crippen molar-refractivity contribution in [2.24, 2.45) is 0 Å². The number of rotatable bonds is 5. The van der Waals surface area contributed by atoms with E-state index < -0.39 is 0 Å². The molecule has 1 heterocycles. The maximum atomic E-state index is 12.0. The molecular formula is C14H25N3O. The number of carbonyl (C=O) groups excluding carboxylic acids is 1. The van der Waals surface area contributed by atoms with Crippen molar-refractivity contribution in [3.05, 3.63) is 0 Å². The van der Waals surface area contributed by atoms with Gasteiger partial charge in [0.25, 0.3) is 0 Å². The molecule has 1 amide bonds. The predicted molar refractivity (Wildman–Crippen MR) is 74.2 cm³/mol. The van der Waals surface area contributed by atoms with Crippen molar-refractivity contribution >= 4 is 5.91 Å². The van der Waals surface area contributed by atoms with Crippen LogP contribution in [-0.2, 0) is 4.79 Å². The van der Waals surface area contributed by atoms with E-state index in [0.717, 1.165) is 25.9 Å². The summed E-state index contributed by atoms with van der Waals surface area (Å²) in [5.74, 6) is 2.47. The summed E-state index contributed by atoms with van der Waals surface area (Å²) in [6.07, 6.45) is 7.30. The van der Waals surface area contributed by atoms with Gasteiger partial charge in [0.2, 0.25) is 5.91 Å². The maximum absolute atomic E-state index is 12.0. The Labute approximate surface area is 110 Å². The molecule has 0 bridgehead atoms. The molecule has 102 valence electrons.